The molecule has 6 nitrogen and oxygen atoms in total. The van der Waals surface area contributed by atoms with E-state index in [-0.39, 0.29) is 16.7 Å². The first-order valence-electron chi connectivity index (χ1n) is 5.14. The van der Waals surface area contributed by atoms with E-state index in [4.69, 9.17) is 5.84 Å². The Hall–Kier alpha value is -2.70. The molecule has 0 fully saturated rings. The van der Waals surface area contributed by atoms with E-state index in [1.165, 1.54) is 23.3 Å². The molecule has 0 aliphatic carbocycles. The Labute approximate surface area is 100 Å². The fourth-order valence-corrected chi connectivity index (χ4v) is 1.73. The second-order valence-electron chi connectivity index (χ2n) is 3.70. The van der Waals surface area contributed by atoms with Gasteiger partial charge in [-0.25, -0.2) is 18.7 Å². The molecule has 0 saturated carbocycles. The van der Waals surface area contributed by atoms with E-state index in [0.717, 1.165) is 4.68 Å². The second-order valence-corrected chi connectivity index (χ2v) is 3.70. The third-order valence-electron chi connectivity index (χ3n) is 2.59. The highest BCUT2D eigenvalue weighted by Gasteiger charge is 2.12. The van der Waals surface area contributed by atoms with Crippen molar-refractivity contribution >= 4 is 11.0 Å². The van der Waals surface area contributed by atoms with Gasteiger partial charge in [-0.1, -0.05) is 12.1 Å². The fourth-order valence-electron chi connectivity index (χ4n) is 1.73. The summed E-state index contributed by atoms with van der Waals surface area (Å²) in [7, 11) is 0. The minimum atomic E-state index is -0.443. The van der Waals surface area contributed by atoms with Crippen LogP contribution in [0, 0.1) is 5.82 Å². The molecule has 3 aromatic rings. The monoisotopic (exact) mass is 245 g/mol. The lowest BCUT2D eigenvalue weighted by molar-refractivity contribution is 0.612. The van der Waals surface area contributed by atoms with Crippen LogP contribution in [0.2, 0.25) is 0 Å². The summed E-state index contributed by atoms with van der Waals surface area (Å²) in [6, 6.07) is 6.12. The molecule has 7 heteroatoms. The van der Waals surface area contributed by atoms with Crippen LogP contribution in [0.5, 0.6) is 0 Å². The summed E-state index contributed by atoms with van der Waals surface area (Å²) in [5.41, 5.74) is 0.0727. The molecule has 18 heavy (non-hydrogen) atoms. The highest BCUT2D eigenvalue weighted by molar-refractivity contribution is 5.74. The Morgan fingerprint density at radius 1 is 1.28 bits per heavy atom. The van der Waals surface area contributed by atoms with Crippen LogP contribution >= 0.6 is 0 Å². The summed E-state index contributed by atoms with van der Waals surface area (Å²) in [5.74, 6) is 4.95. The molecule has 0 amide bonds. The molecule has 0 atom stereocenters. The molecule has 1 aromatic carbocycles. The number of rotatable bonds is 1. The van der Waals surface area contributed by atoms with Crippen LogP contribution in [0.4, 0.5) is 4.39 Å². The van der Waals surface area contributed by atoms with Gasteiger partial charge < -0.3 is 5.84 Å². The van der Waals surface area contributed by atoms with Crippen LogP contribution in [-0.2, 0) is 0 Å². The first-order valence-corrected chi connectivity index (χ1v) is 5.14. The molecule has 2 heterocycles. The normalized spacial score (nSPS) is 10.9. The molecule has 0 bridgehead atoms. The van der Waals surface area contributed by atoms with Crippen molar-refractivity contribution in [1.82, 2.24) is 19.4 Å². The maximum atomic E-state index is 13.7. The van der Waals surface area contributed by atoms with Crippen molar-refractivity contribution in [3.63, 3.8) is 0 Å². The quantitative estimate of drug-likeness (QED) is 0.631. The van der Waals surface area contributed by atoms with Crippen molar-refractivity contribution in [1.29, 1.82) is 0 Å². The Balaban J connectivity index is 2.36. The number of benzene rings is 1. The average Bonchev–Trinajstić information content (AvgIpc) is 2.79. The van der Waals surface area contributed by atoms with Crippen molar-refractivity contribution in [2.75, 3.05) is 5.84 Å². The number of nitrogens with two attached hydrogens (primary N) is 1. The number of halogens is 1. The van der Waals surface area contributed by atoms with Crippen LogP contribution in [0.1, 0.15) is 0 Å². The second kappa shape index (κ2) is 3.66. The third-order valence-corrected chi connectivity index (χ3v) is 2.59. The Kier molecular flexibility index (Phi) is 2.12. The Bertz CT molecular complexity index is 791. The summed E-state index contributed by atoms with van der Waals surface area (Å²) >= 11 is 0. The van der Waals surface area contributed by atoms with Crippen LogP contribution < -0.4 is 11.4 Å². The highest BCUT2D eigenvalue weighted by Crippen LogP contribution is 2.16. The molecule has 0 unspecified atom stereocenters. The zero-order valence-electron chi connectivity index (χ0n) is 9.12. The van der Waals surface area contributed by atoms with Crippen molar-refractivity contribution < 1.29 is 4.39 Å². The van der Waals surface area contributed by atoms with Gasteiger partial charge >= 0.3 is 0 Å². The summed E-state index contributed by atoms with van der Waals surface area (Å²) in [4.78, 5) is 15.7. The molecule has 90 valence electrons. The Morgan fingerprint density at radius 3 is 2.83 bits per heavy atom. The van der Waals surface area contributed by atoms with Crippen LogP contribution in [0.25, 0.3) is 16.7 Å². The van der Waals surface area contributed by atoms with E-state index in [1.807, 2.05) is 0 Å². The predicted molar refractivity (Wildman–Crippen MR) is 63.2 cm³/mol. The van der Waals surface area contributed by atoms with Crippen LogP contribution in [0.15, 0.2) is 41.6 Å². The minimum absolute atomic E-state index is 0.231. The van der Waals surface area contributed by atoms with E-state index in [0.29, 0.717) is 0 Å². The molecule has 0 saturated heterocycles. The van der Waals surface area contributed by atoms with Crippen molar-refractivity contribution in [2.45, 2.75) is 0 Å². The van der Waals surface area contributed by atoms with Gasteiger partial charge in [0.25, 0.3) is 5.56 Å². The lowest BCUT2D eigenvalue weighted by Gasteiger charge is -2.03. The van der Waals surface area contributed by atoms with Gasteiger partial charge in [0.1, 0.15) is 23.2 Å². The lowest BCUT2D eigenvalue weighted by atomic mass is 10.3. The number of nitrogen functional groups attached to an aromatic ring is 1. The number of aromatic nitrogens is 4. The third kappa shape index (κ3) is 1.37. The zero-order chi connectivity index (χ0) is 12.7. The van der Waals surface area contributed by atoms with Gasteiger partial charge in [0.15, 0.2) is 5.65 Å². The van der Waals surface area contributed by atoms with Gasteiger partial charge in [0.2, 0.25) is 0 Å². The summed E-state index contributed by atoms with van der Waals surface area (Å²) in [6.07, 6.45) is 2.49. The molecule has 3 rings (SSSR count). The maximum Gasteiger partial charge on any atom is 0.282 e. The van der Waals surface area contributed by atoms with Gasteiger partial charge in [0, 0.05) is 0 Å². The van der Waals surface area contributed by atoms with Crippen LogP contribution in [0.3, 0.4) is 0 Å². The largest absolute Gasteiger partial charge is 0.335 e. The van der Waals surface area contributed by atoms with Gasteiger partial charge in [0.05, 0.1) is 6.20 Å². The smallest absolute Gasteiger partial charge is 0.282 e. The zero-order valence-corrected chi connectivity index (χ0v) is 9.12. The summed E-state index contributed by atoms with van der Waals surface area (Å²) in [6.45, 7) is 0. The fraction of sp³-hybridized carbons (Fsp3) is 0. The molecule has 2 aromatic heterocycles. The van der Waals surface area contributed by atoms with Gasteiger partial charge in [-0.15, -0.1) is 0 Å². The highest BCUT2D eigenvalue weighted by atomic mass is 19.1. The van der Waals surface area contributed by atoms with E-state index < -0.39 is 11.4 Å². The topological polar surface area (TPSA) is 78.7 Å². The summed E-state index contributed by atoms with van der Waals surface area (Å²) < 4.78 is 15.8. The lowest BCUT2D eigenvalue weighted by Crippen LogP contribution is -2.27. The summed E-state index contributed by atoms with van der Waals surface area (Å²) in [5, 5.41) is 4.21. The molecule has 2 N–H and O–H groups in total. The van der Waals surface area contributed by atoms with E-state index in [1.54, 1.807) is 18.2 Å². The van der Waals surface area contributed by atoms with Crippen molar-refractivity contribution in [3.05, 3.63) is 53.0 Å². The minimum Gasteiger partial charge on any atom is -0.335 e. The number of para-hydroxylation sites is 1. The number of hydrogen-bond acceptors (Lipinski definition) is 4. The first-order chi connectivity index (χ1) is 8.68. The predicted octanol–water partition coefficient (Wildman–Crippen LogP) is 0.435. The van der Waals surface area contributed by atoms with E-state index >= 15 is 0 Å². The number of hydrogen-bond donors (Lipinski definition) is 1. The van der Waals surface area contributed by atoms with Gasteiger partial charge in [-0.3, -0.25) is 4.79 Å². The number of nitrogens with zero attached hydrogens (tertiary/aromatic N) is 4. The van der Waals surface area contributed by atoms with Crippen molar-refractivity contribution in [2.24, 2.45) is 0 Å². The SMILES string of the molecule is Nn1cnc2c(cnn2-c2ccccc2F)c1=O. The van der Waals surface area contributed by atoms with E-state index in [9.17, 15) is 9.18 Å². The first kappa shape index (κ1) is 10.5. The Morgan fingerprint density at radius 2 is 2.06 bits per heavy atom. The van der Waals surface area contributed by atoms with Gasteiger partial charge in [-0.05, 0) is 12.1 Å². The molecule has 0 aliphatic rings. The number of fused-ring (bicyclic) bond motifs is 1. The average molecular weight is 245 g/mol. The van der Waals surface area contributed by atoms with Crippen LogP contribution in [-0.4, -0.2) is 19.4 Å². The molecule has 0 aliphatic heterocycles. The molecule has 0 radical (unpaired) electrons. The van der Waals surface area contributed by atoms with E-state index in [2.05, 4.69) is 10.1 Å². The standard InChI is InChI=1S/C11H8FN5O/c12-8-3-1-2-4-9(8)17-10-7(5-15-17)11(18)16(13)6-14-10/h1-6H,13H2. The maximum absolute atomic E-state index is 13.7. The molecular weight excluding hydrogens is 237 g/mol. The van der Waals surface area contributed by atoms with Gasteiger partial charge in [-0.2, -0.15) is 5.10 Å². The molecule has 0 spiro atoms. The molecular formula is C11H8FN5O. The van der Waals surface area contributed by atoms with Crippen molar-refractivity contribution in [3.8, 4) is 5.69 Å².